The Morgan fingerprint density at radius 3 is 2.69 bits per heavy atom. The van der Waals surface area contributed by atoms with E-state index in [0.29, 0.717) is 17.0 Å². The summed E-state index contributed by atoms with van der Waals surface area (Å²) in [7, 11) is 2.75. The van der Waals surface area contributed by atoms with Gasteiger partial charge < -0.3 is 24.5 Å². The molecule has 1 amide bonds. The maximum atomic E-state index is 13.6. The van der Waals surface area contributed by atoms with Gasteiger partial charge in [0, 0.05) is 28.5 Å². The molecule has 2 aromatic carbocycles. The molecule has 4 aromatic rings. The van der Waals surface area contributed by atoms with Gasteiger partial charge in [-0.15, -0.1) is 0 Å². The number of carbonyl (C=O) groups is 2. The number of methoxy groups -OCH3 is 2. The summed E-state index contributed by atoms with van der Waals surface area (Å²) in [5.74, 6) is -0.393. The number of guanidine groups is 1. The van der Waals surface area contributed by atoms with Crippen molar-refractivity contribution in [2.45, 2.75) is 13.0 Å². The lowest BCUT2D eigenvalue weighted by atomic mass is 9.95. The van der Waals surface area contributed by atoms with Gasteiger partial charge in [-0.2, -0.15) is 4.98 Å². The number of aliphatic imine (C=N–C) groups is 1. The van der Waals surface area contributed by atoms with Crippen molar-refractivity contribution in [3.63, 3.8) is 0 Å². The number of non-ortho nitro benzene ring substituents is 1. The Balaban J connectivity index is 1.51. The SMILES string of the molecule is COC(=O)c1ccnc(NC(=O)C2=C(C)NC(Nc3nc4cccc([N+](=O)[O-])c4o3)=N[C@@H]2c2ccc(OC)cc2Cl)c1. The van der Waals surface area contributed by atoms with Gasteiger partial charge in [0.2, 0.25) is 11.5 Å². The van der Waals surface area contributed by atoms with Gasteiger partial charge in [-0.05, 0) is 37.3 Å². The highest BCUT2D eigenvalue weighted by Crippen LogP contribution is 2.37. The number of fused-ring (bicyclic) bond motifs is 1. The fourth-order valence-electron chi connectivity index (χ4n) is 4.28. The summed E-state index contributed by atoms with van der Waals surface area (Å²) in [6.45, 7) is 1.66. The molecule has 214 valence electrons. The number of benzene rings is 2. The Kier molecular flexibility index (Phi) is 7.71. The number of nitrogens with zero attached hydrogens (tertiary/aromatic N) is 4. The molecule has 1 atom stereocenters. The number of amides is 1. The predicted molar refractivity (Wildman–Crippen MR) is 153 cm³/mol. The highest BCUT2D eigenvalue weighted by Gasteiger charge is 2.32. The monoisotopic (exact) mass is 591 g/mol. The van der Waals surface area contributed by atoms with Crippen LogP contribution in [0.2, 0.25) is 5.02 Å². The summed E-state index contributed by atoms with van der Waals surface area (Å²) < 4.78 is 15.6. The van der Waals surface area contributed by atoms with Crippen LogP contribution in [0.1, 0.15) is 28.9 Å². The zero-order chi connectivity index (χ0) is 30.0. The number of esters is 1. The molecule has 0 fully saturated rings. The van der Waals surface area contributed by atoms with Crippen LogP contribution in [0.25, 0.3) is 11.1 Å². The van der Waals surface area contributed by atoms with Gasteiger partial charge >= 0.3 is 17.7 Å². The van der Waals surface area contributed by atoms with E-state index < -0.39 is 22.8 Å². The zero-order valence-electron chi connectivity index (χ0n) is 22.3. The number of allylic oxidation sites excluding steroid dienone is 1. The zero-order valence-corrected chi connectivity index (χ0v) is 23.1. The number of oxazole rings is 1. The smallest absolute Gasteiger partial charge is 0.338 e. The molecule has 0 saturated heterocycles. The molecule has 0 aliphatic carbocycles. The quantitative estimate of drug-likeness (QED) is 0.155. The van der Waals surface area contributed by atoms with Crippen molar-refractivity contribution < 1.29 is 28.4 Å². The number of hydrogen-bond acceptors (Lipinski definition) is 12. The number of nitrogens with one attached hydrogen (secondary N) is 3. The molecule has 0 unspecified atom stereocenters. The van der Waals surface area contributed by atoms with Gasteiger partial charge in [0.05, 0.1) is 30.3 Å². The van der Waals surface area contributed by atoms with Crippen molar-refractivity contribution in [1.82, 2.24) is 15.3 Å². The largest absolute Gasteiger partial charge is 0.497 e. The number of rotatable bonds is 7. The third-order valence-electron chi connectivity index (χ3n) is 6.23. The molecule has 14 nitrogen and oxygen atoms in total. The Morgan fingerprint density at radius 1 is 1.17 bits per heavy atom. The number of nitro groups is 1. The average molecular weight is 592 g/mol. The van der Waals surface area contributed by atoms with E-state index >= 15 is 0 Å². The van der Waals surface area contributed by atoms with Crippen molar-refractivity contribution in [2.75, 3.05) is 24.9 Å². The van der Waals surface area contributed by atoms with Crippen LogP contribution >= 0.6 is 11.6 Å². The third kappa shape index (κ3) is 5.55. The first kappa shape index (κ1) is 28.0. The fraction of sp³-hybridized carbons (Fsp3) is 0.148. The summed E-state index contributed by atoms with van der Waals surface area (Å²) in [6, 6.07) is 11.2. The molecule has 42 heavy (non-hydrogen) atoms. The minimum Gasteiger partial charge on any atom is -0.497 e. The molecule has 2 aromatic heterocycles. The summed E-state index contributed by atoms with van der Waals surface area (Å²) in [4.78, 5) is 49.5. The van der Waals surface area contributed by atoms with Crippen molar-refractivity contribution in [3.8, 4) is 5.75 Å². The lowest BCUT2D eigenvalue weighted by Gasteiger charge is -2.27. The van der Waals surface area contributed by atoms with Crippen LogP contribution < -0.4 is 20.7 Å². The molecule has 0 spiro atoms. The highest BCUT2D eigenvalue weighted by molar-refractivity contribution is 6.31. The van der Waals surface area contributed by atoms with E-state index in [1.54, 1.807) is 31.2 Å². The number of hydrogen-bond donors (Lipinski definition) is 3. The molecule has 3 heterocycles. The van der Waals surface area contributed by atoms with E-state index in [9.17, 15) is 19.7 Å². The molecule has 15 heteroatoms. The number of nitro benzene ring substituents is 1. The normalized spacial score (nSPS) is 14.6. The molecular formula is C27H22ClN7O7. The van der Waals surface area contributed by atoms with Crippen LogP contribution in [-0.4, -0.2) is 46.9 Å². The van der Waals surface area contributed by atoms with Gasteiger partial charge in [-0.25, -0.2) is 14.8 Å². The molecule has 5 rings (SSSR count). The number of ether oxygens (including phenoxy) is 2. The van der Waals surface area contributed by atoms with Crippen LogP contribution in [0, 0.1) is 10.1 Å². The molecule has 0 bridgehead atoms. The number of aromatic nitrogens is 2. The van der Waals surface area contributed by atoms with E-state index in [1.165, 1.54) is 44.7 Å². The molecular weight excluding hydrogens is 570 g/mol. The van der Waals surface area contributed by atoms with Crippen molar-refractivity contribution in [1.29, 1.82) is 0 Å². The van der Waals surface area contributed by atoms with Gasteiger partial charge in [-0.3, -0.25) is 20.2 Å². The van der Waals surface area contributed by atoms with E-state index in [1.807, 2.05) is 0 Å². The first-order valence-electron chi connectivity index (χ1n) is 12.2. The minimum absolute atomic E-state index is 0.00910. The van der Waals surface area contributed by atoms with Crippen LogP contribution in [0.4, 0.5) is 17.5 Å². The molecule has 3 N–H and O–H groups in total. The van der Waals surface area contributed by atoms with Gasteiger partial charge in [0.1, 0.15) is 23.1 Å². The number of carbonyl (C=O) groups excluding carboxylic acids is 2. The summed E-state index contributed by atoms with van der Waals surface area (Å²) in [5, 5.41) is 20.3. The van der Waals surface area contributed by atoms with E-state index in [-0.39, 0.29) is 50.7 Å². The highest BCUT2D eigenvalue weighted by atomic mass is 35.5. The van der Waals surface area contributed by atoms with Crippen LogP contribution in [0.15, 0.2) is 75.4 Å². The number of anilines is 2. The second-order valence-electron chi connectivity index (χ2n) is 8.83. The predicted octanol–water partition coefficient (Wildman–Crippen LogP) is 4.60. The van der Waals surface area contributed by atoms with E-state index in [0.717, 1.165) is 0 Å². The van der Waals surface area contributed by atoms with Crippen LogP contribution in [0.5, 0.6) is 5.75 Å². The van der Waals surface area contributed by atoms with Gasteiger partial charge in [0.15, 0.2) is 0 Å². The summed E-state index contributed by atoms with van der Waals surface area (Å²) in [5.41, 5.74) is 1.30. The Bertz CT molecular complexity index is 1800. The Labute approximate surface area is 242 Å². The molecule has 1 aliphatic rings. The van der Waals surface area contributed by atoms with Crippen molar-refractivity contribution in [3.05, 3.63) is 92.3 Å². The Morgan fingerprint density at radius 2 is 1.98 bits per heavy atom. The van der Waals surface area contributed by atoms with Crippen molar-refractivity contribution in [2.24, 2.45) is 4.99 Å². The van der Waals surface area contributed by atoms with Crippen LogP contribution in [-0.2, 0) is 9.53 Å². The maximum absolute atomic E-state index is 13.6. The lowest BCUT2D eigenvalue weighted by Crippen LogP contribution is -2.37. The molecule has 1 aliphatic heterocycles. The second kappa shape index (κ2) is 11.5. The number of halogens is 1. The summed E-state index contributed by atoms with van der Waals surface area (Å²) >= 11 is 6.60. The third-order valence-corrected chi connectivity index (χ3v) is 6.55. The fourth-order valence-corrected chi connectivity index (χ4v) is 4.55. The van der Waals surface area contributed by atoms with Gasteiger partial charge in [0.25, 0.3) is 5.91 Å². The first-order chi connectivity index (χ1) is 20.2. The second-order valence-corrected chi connectivity index (χ2v) is 9.24. The lowest BCUT2D eigenvalue weighted by molar-refractivity contribution is -0.383. The maximum Gasteiger partial charge on any atom is 0.338 e. The average Bonchev–Trinajstić information content (AvgIpc) is 3.38. The molecule has 0 radical (unpaired) electrons. The number of pyridine rings is 1. The Hall–Kier alpha value is -5.50. The first-order valence-corrected chi connectivity index (χ1v) is 12.6. The minimum atomic E-state index is -0.935. The summed E-state index contributed by atoms with van der Waals surface area (Å²) in [6.07, 6.45) is 1.37. The molecule has 0 saturated carbocycles. The standard InChI is InChI=1S/C27H22ClN7O7/c1-13-21(24(36)32-20-11-14(9-10-29-20)25(37)41-3)22(16-8-7-15(40-2)12-17(16)28)33-26(30-13)34-27-31-18-5-4-6-19(35(38)39)23(18)42-27/h4-12,22H,1-3H3,(H,29,32,36)(H2,30,31,33,34)/t22-/m1/s1. The van der Waals surface area contributed by atoms with Crippen molar-refractivity contribution >= 4 is 58.1 Å². The van der Waals surface area contributed by atoms with Crippen LogP contribution in [0.3, 0.4) is 0 Å². The van der Waals surface area contributed by atoms with E-state index in [4.69, 9.17) is 25.5 Å². The van der Waals surface area contributed by atoms with Gasteiger partial charge in [-0.1, -0.05) is 23.7 Å². The van der Waals surface area contributed by atoms with E-state index in [2.05, 4.69) is 30.9 Å². The topological polar surface area (TPSA) is 183 Å². The number of para-hydroxylation sites is 1.